The Balaban J connectivity index is 2.04. The number of nitrogens with zero attached hydrogens (tertiary/aromatic N) is 2. The summed E-state index contributed by atoms with van der Waals surface area (Å²) in [5, 5.41) is 0. The molecule has 4 nitrogen and oxygen atoms in total. The third-order valence-corrected chi connectivity index (χ3v) is 5.27. The zero-order chi connectivity index (χ0) is 13.9. The fourth-order valence-electron chi connectivity index (χ4n) is 2.23. The van der Waals surface area contributed by atoms with E-state index >= 15 is 0 Å². The van der Waals surface area contributed by atoms with E-state index in [1.165, 1.54) is 5.57 Å². The summed E-state index contributed by atoms with van der Waals surface area (Å²) in [4.78, 5) is 4.44. The highest BCUT2D eigenvalue weighted by Crippen LogP contribution is 2.21. The Morgan fingerprint density at radius 1 is 1.32 bits per heavy atom. The van der Waals surface area contributed by atoms with Crippen LogP contribution in [-0.4, -0.2) is 36.5 Å². The SMILES string of the molecule is CCS(=O)(=O)N1CCC(=Cc2cccc(C)n2)CC1. The lowest BCUT2D eigenvalue weighted by molar-refractivity contribution is 0.388. The average Bonchev–Trinajstić information content (AvgIpc) is 2.39. The Labute approximate surface area is 115 Å². The number of piperidine rings is 1. The van der Waals surface area contributed by atoms with Crippen LogP contribution < -0.4 is 0 Å². The lowest BCUT2D eigenvalue weighted by Crippen LogP contribution is -2.37. The Hall–Kier alpha value is -1.20. The summed E-state index contributed by atoms with van der Waals surface area (Å²) in [5.74, 6) is 0.186. The van der Waals surface area contributed by atoms with Crippen molar-refractivity contribution in [3.8, 4) is 0 Å². The van der Waals surface area contributed by atoms with Crippen LogP contribution in [-0.2, 0) is 10.0 Å². The van der Waals surface area contributed by atoms with Gasteiger partial charge < -0.3 is 0 Å². The van der Waals surface area contributed by atoms with Gasteiger partial charge in [-0.1, -0.05) is 11.6 Å². The van der Waals surface area contributed by atoms with Crippen molar-refractivity contribution in [1.82, 2.24) is 9.29 Å². The van der Waals surface area contributed by atoms with Crippen molar-refractivity contribution in [1.29, 1.82) is 0 Å². The van der Waals surface area contributed by atoms with E-state index < -0.39 is 10.0 Å². The molecule has 0 amide bonds. The molecule has 19 heavy (non-hydrogen) atoms. The summed E-state index contributed by atoms with van der Waals surface area (Å²) in [7, 11) is -3.03. The first-order valence-corrected chi connectivity index (χ1v) is 8.23. The van der Waals surface area contributed by atoms with E-state index in [-0.39, 0.29) is 5.75 Å². The standard InChI is InChI=1S/C14H20N2O2S/c1-3-19(17,18)16-9-7-13(8-10-16)11-14-6-4-5-12(2)15-14/h4-6,11H,3,7-10H2,1-2H3. The van der Waals surface area contributed by atoms with Gasteiger partial charge in [0.25, 0.3) is 0 Å². The monoisotopic (exact) mass is 280 g/mol. The van der Waals surface area contributed by atoms with E-state index in [9.17, 15) is 8.42 Å². The van der Waals surface area contributed by atoms with E-state index in [1.54, 1.807) is 11.2 Å². The quantitative estimate of drug-likeness (QED) is 0.853. The first-order valence-electron chi connectivity index (χ1n) is 6.62. The van der Waals surface area contributed by atoms with Gasteiger partial charge in [0.2, 0.25) is 10.0 Å². The molecule has 5 heteroatoms. The third kappa shape index (κ3) is 3.64. The van der Waals surface area contributed by atoms with Crippen LogP contribution in [0.2, 0.25) is 0 Å². The van der Waals surface area contributed by atoms with E-state index in [4.69, 9.17) is 0 Å². The minimum absolute atomic E-state index is 0.186. The van der Waals surface area contributed by atoms with Gasteiger partial charge in [-0.2, -0.15) is 0 Å². The summed E-state index contributed by atoms with van der Waals surface area (Å²) >= 11 is 0. The smallest absolute Gasteiger partial charge is 0.213 e. The molecule has 1 aromatic heterocycles. The summed E-state index contributed by atoms with van der Waals surface area (Å²) in [6, 6.07) is 5.94. The van der Waals surface area contributed by atoms with E-state index in [0.29, 0.717) is 13.1 Å². The molecular weight excluding hydrogens is 260 g/mol. The maximum absolute atomic E-state index is 11.8. The van der Waals surface area contributed by atoms with Gasteiger partial charge in [0.1, 0.15) is 0 Å². The molecule has 0 bridgehead atoms. The molecule has 0 atom stereocenters. The number of sulfonamides is 1. The molecule has 1 saturated heterocycles. The second kappa shape index (κ2) is 5.84. The Morgan fingerprint density at radius 3 is 2.58 bits per heavy atom. The predicted molar refractivity (Wildman–Crippen MR) is 77.2 cm³/mol. The second-order valence-corrected chi connectivity index (χ2v) is 7.06. The van der Waals surface area contributed by atoms with Gasteiger partial charge in [0, 0.05) is 18.8 Å². The van der Waals surface area contributed by atoms with Gasteiger partial charge in [-0.15, -0.1) is 0 Å². The van der Waals surface area contributed by atoms with Crippen LogP contribution in [0.1, 0.15) is 31.2 Å². The summed E-state index contributed by atoms with van der Waals surface area (Å²) in [6.07, 6.45) is 3.69. The first-order chi connectivity index (χ1) is 9.01. The van der Waals surface area contributed by atoms with Crippen LogP contribution in [0.4, 0.5) is 0 Å². The molecule has 0 unspecified atom stereocenters. The van der Waals surface area contributed by atoms with Gasteiger partial charge in [-0.3, -0.25) is 4.98 Å². The molecule has 0 saturated carbocycles. The second-order valence-electron chi connectivity index (χ2n) is 4.81. The van der Waals surface area contributed by atoms with Crippen LogP contribution in [0.25, 0.3) is 6.08 Å². The van der Waals surface area contributed by atoms with Gasteiger partial charge in [-0.25, -0.2) is 12.7 Å². The van der Waals surface area contributed by atoms with Crippen molar-refractivity contribution in [2.24, 2.45) is 0 Å². The topological polar surface area (TPSA) is 50.3 Å². The van der Waals surface area contributed by atoms with Gasteiger partial charge in [0.15, 0.2) is 0 Å². The van der Waals surface area contributed by atoms with Crippen molar-refractivity contribution in [3.05, 3.63) is 35.2 Å². The van der Waals surface area contributed by atoms with Crippen LogP contribution in [0, 0.1) is 6.92 Å². The fourth-order valence-corrected chi connectivity index (χ4v) is 3.34. The lowest BCUT2D eigenvalue weighted by atomic mass is 10.0. The number of aromatic nitrogens is 1. The molecule has 0 radical (unpaired) electrons. The molecule has 104 valence electrons. The fraction of sp³-hybridized carbons (Fsp3) is 0.500. The largest absolute Gasteiger partial charge is 0.254 e. The highest BCUT2D eigenvalue weighted by atomic mass is 32.2. The highest BCUT2D eigenvalue weighted by molar-refractivity contribution is 7.89. The molecule has 0 aliphatic carbocycles. The molecule has 1 aliphatic heterocycles. The number of aryl methyl sites for hydroxylation is 1. The van der Waals surface area contributed by atoms with Gasteiger partial charge >= 0.3 is 0 Å². The minimum atomic E-state index is -3.03. The molecule has 1 aliphatic rings. The molecule has 2 heterocycles. The van der Waals surface area contributed by atoms with Crippen molar-refractivity contribution in [2.75, 3.05) is 18.8 Å². The zero-order valence-corrected chi connectivity index (χ0v) is 12.3. The average molecular weight is 280 g/mol. The first kappa shape index (κ1) is 14.2. The van der Waals surface area contributed by atoms with Gasteiger partial charge in [0.05, 0.1) is 11.4 Å². The zero-order valence-electron chi connectivity index (χ0n) is 11.5. The number of pyridine rings is 1. The van der Waals surface area contributed by atoms with E-state index in [0.717, 1.165) is 24.2 Å². The maximum Gasteiger partial charge on any atom is 0.213 e. The molecule has 0 N–H and O–H groups in total. The van der Waals surface area contributed by atoms with E-state index in [2.05, 4.69) is 11.1 Å². The van der Waals surface area contributed by atoms with Crippen molar-refractivity contribution in [2.45, 2.75) is 26.7 Å². The minimum Gasteiger partial charge on any atom is -0.254 e. The van der Waals surface area contributed by atoms with Gasteiger partial charge in [-0.05, 0) is 44.9 Å². The summed E-state index contributed by atoms with van der Waals surface area (Å²) in [5.41, 5.74) is 3.24. The van der Waals surface area contributed by atoms with Crippen molar-refractivity contribution < 1.29 is 8.42 Å². The Bertz CT molecular complexity index is 569. The molecule has 1 fully saturated rings. The van der Waals surface area contributed by atoms with E-state index in [1.807, 2.05) is 25.1 Å². The third-order valence-electron chi connectivity index (χ3n) is 3.38. The van der Waals surface area contributed by atoms with Crippen LogP contribution in [0.3, 0.4) is 0 Å². The normalized spacial score (nSPS) is 17.5. The lowest BCUT2D eigenvalue weighted by Gasteiger charge is -2.27. The maximum atomic E-state index is 11.8. The van der Waals surface area contributed by atoms with Crippen molar-refractivity contribution in [3.63, 3.8) is 0 Å². The summed E-state index contributed by atoms with van der Waals surface area (Å²) < 4.78 is 25.1. The number of hydrogen-bond acceptors (Lipinski definition) is 3. The highest BCUT2D eigenvalue weighted by Gasteiger charge is 2.23. The number of rotatable bonds is 3. The van der Waals surface area contributed by atoms with Crippen LogP contribution in [0.5, 0.6) is 0 Å². The van der Waals surface area contributed by atoms with Crippen LogP contribution in [0.15, 0.2) is 23.8 Å². The molecule has 0 spiro atoms. The molecule has 0 aromatic carbocycles. The Morgan fingerprint density at radius 2 is 2.00 bits per heavy atom. The molecule has 2 rings (SSSR count). The van der Waals surface area contributed by atoms with Crippen LogP contribution >= 0.6 is 0 Å². The van der Waals surface area contributed by atoms with Crippen molar-refractivity contribution >= 4 is 16.1 Å². The Kier molecular flexibility index (Phi) is 4.37. The summed E-state index contributed by atoms with van der Waals surface area (Å²) in [6.45, 7) is 4.84. The number of hydrogen-bond donors (Lipinski definition) is 0. The molecular formula is C14H20N2O2S. The predicted octanol–water partition coefficient (Wildman–Crippen LogP) is 2.22. The molecule has 1 aromatic rings.